The van der Waals surface area contributed by atoms with Crippen LogP contribution in [-0.2, 0) is 21.1 Å². The Kier molecular flexibility index (Phi) is 6.78. The maximum atomic E-state index is 12.9. The van der Waals surface area contributed by atoms with E-state index in [2.05, 4.69) is 11.8 Å². The van der Waals surface area contributed by atoms with Gasteiger partial charge in [-0.3, -0.25) is 4.79 Å². The summed E-state index contributed by atoms with van der Waals surface area (Å²) < 4.78 is 24.6. The number of hydrogen-bond donors (Lipinski definition) is 0. The summed E-state index contributed by atoms with van der Waals surface area (Å²) in [7, 11) is -3.71. The second kappa shape index (κ2) is 8.12. The molecule has 3 nitrogen and oxygen atoms in total. The van der Waals surface area contributed by atoms with Crippen LogP contribution >= 0.6 is 0 Å². The largest absolute Gasteiger partial charge is 0.299 e. The van der Waals surface area contributed by atoms with Crippen LogP contribution in [0.2, 0.25) is 0 Å². The van der Waals surface area contributed by atoms with Crippen molar-refractivity contribution >= 4 is 15.6 Å². The molecule has 0 saturated heterocycles. The number of sulfone groups is 1. The minimum absolute atomic E-state index is 0.272. The van der Waals surface area contributed by atoms with Gasteiger partial charge in [0.15, 0.2) is 9.84 Å². The van der Waals surface area contributed by atoms with Crippen LogP contribution < -0.4 is 0 Å². The molecule has 1 aromatic rings. The van der Waals surface area contributed by atoms with Crippen LogP contribution in [0.1, 0.15) is 39.7 Å². The van der Waals surface area contributed by atoms with E-state index in [1.54, 1.807) is 6.92 Å². The first-order valence-corrected chi connectivity index (χ1v) is 9.20. The third-order valence-electron chi connectivity index (χ3n) is 3.51. The van der Waals surface area contributed by atoms with E-state index in [0.717, 1.165) is 11.1 Å². The molecule has 1 atom stereocenters. The molecule has 0 aliphatic carbocycles. The lowest BCUT2D eigenvalue weighted by molar-refractivity contribution is -0.114. The molecule has 4 heteroatoms. The highest BCUT2D eigenvalue weighted by Crippen LogP contribution is 2.29. The molecule has 0 spiro atoms. The van der Waals surface area contributed by atoms with Gasteiger partial charge in [0.1, 0.15) is 16.3 Å². The fourth-order valence-electron chi connectivity index (χ4n) is 2.41. The Balaban J connectivity index is 3.43. The van der Waals surface area contributed by atoms with Crippen molar-refractivity contribution < 1.29 is 13.2 Å². The molecule has 0 heterocycles. The SMILES string of the molecule is CC#CC(CC=C(C)C)(Cc1ccccc1)S(=O)(=O)CC(C)=O. The smallest absolute Gasteiger partial charge is 0.174 e. The standard InChI is InChI=1S/C19H24O3S/c1-5-12-19(13-11-16(2)3,23(21,22)15-17(4)20)14-18-9-7-6-8-10-18/h6-11H,13-15H2,1-4H3. The minimum atomic E-state index is -3.71. The van der Waals surface area contributed by atoms with Crippen LogP contribution in [0, 0.1) is 11.8 Å². The number of Topliss-reactive ketones (excluding diaryl/α,β-unsaturated/α-hetero) is 1. The van der Waals surface area contributed by atoms with Crippen molar-refractivity contribution in [2.24, 2.45) is 0 Å². The summed E-state index contributed by atoms with van der Waals surface area (Å²) in [6.07, 6.45) is 2.43. The topological polar surface area (TPSA) is 51.2 Å². The number of ketones is 1. The molecule has 0 N–H and O–H groups in total. The fourth-order valence-corrected chi connectivity index (χ4v) is 4.20. The summed E-state index contributed by atoms with van der Waals surface area (Å²) in [6.45, 7) is 6.77. The Morgan fingerprint density at radius 3 is 2.26 bits per heavy atom. The summed E-state index contributed by atoms with van der Waals surface area (Å²) in [6, 6.07) is 9.41. The maximum Gasteiger partial charge on any atom is 0.174 e. The molecular formula is C19H24O3S. The summed E-state index contributed by atoms with van der Waals surface area (Å²) in [5.41, 5.74) is 1.92. The molecule has 0 bridgehead atoms. The lowest BCUT2D eigenvalue weighted by atomic mass is 9.94. The number of benzene rings is 1. The second-order valence-corrected chi connectivity index (χ2v) is 8.28. The number of carbonyl (C=O) groups is 1. The van der Waals surface area contributed by atoms with E-state index in [9.17, 15) is 13.2 Å². The second-order valence-electron chi connectivity index (χ2n) is 5.98. The van der Waals surface area contributed by atoms with Crippen molar-refractivity contribution in [2.45, 2.75) is 45.3 Å². The molecule has 0 aliphatic heterocycles. The molecule has 0 fully saturated rings. The first-order valence-electron chi connectivity index (χ1n) is 7.55. The molecule has 1 unspecified atom stereocenters. The number of hydrogen-bond acceptors (Lipinski definition) is 3. The summed E-state index contributed by atoms with van der Waals surface area (Å²) in [5, 5.41) is 0. The number of allylic oxidation sites excluding steroid dienone is 2. The third-order valence-corrected chi connectivity index (χ3v) is 5.90. The van der Waals surface area contributed by atoms with E-state index in [0.29, 0.717) is 0 Å². The first-order chi connectivity index (χ1) is 10.7. The highest BCUT2D eigenvalue weighted by Gasteiger charge is 2.42. The molecule has 0 aromatic heterocycles. The zero-order valence-corrected chi connectivity index (χ0v) is 15.0. The van der Waals surface area contributed by atoms with E-state index in [1.807, 2.05) is 50.3 Å². The van der Waals surface area contributed by atoms with Gasteiger partial charge >= 0.3 is 0 Å². The van der Waals surface area contributed by atoms with E-state index in [4.69, 9.17) is 0 Å². The number of carbonyl (C=O) groups excluding carboxylic acids is 1. The number of rotatable bonds is 7. The van der Waals surface area contributed by atoms with Crippen molar-refractivity contribution in [3.8, 4) is 11.8 Å². The van der Waals surface area contributed by atoms with Crippen LogP contribution in [0.5, 0.6) is 0 Å². The lowest BCUT2D eigenvalue weighted by Gasteiger charge is -2.27. The molecule has 0 saturated carbocycles. The quantitative estimate of drug-likeness (QED) is 0.568. The van der Waals surface area contributed by atoms with Crippen LogP contribution in [0.3, 0.4) is 0 Å². The van der Waals surface area contributed by atoms with Crippen molar-refractivity contribution in [1.82, 2.24) is 0 Å². The van der Waals surface area contributed by atoms with Gasteiger partial charge in [-0.1, -0.05) is 47.9 Å². The van der Waals surface area contributed by atoms with E-state index in [-0.39, 0.29) is 18.6 Å². The van der Waals surface area contributed by atoms with Crippen molar-refractivity contribution in [3.63, 3.8) is 0 Å². The fraction of sp³-hybridized carbons (Fsp3) is 0.421. The highest BCUT2D eigenvalue weighted by atomic mass is 32.2. The van der Waals surface area contributed by atoms with Gasteiger partial charge < -0.3 is 0 Å². The van der Waals surface area contributed by atoms with Gasteiger partial charge in [0.25, 0.3) is 0 Å². The Hall–Kier alpha value is -1.86. The summed E-state index contributed by atoms with van der Waals surface area (Å²) in [5.74, 6) is 4.83. The highest BCUT2D eigenvalue weighted by molar-refractivity contribution is 7.93. The van der Waals surface area contributed by atoms with E-state index >= 15 is 0 Å². The maximum absolute atomic E-state index is 12.9. The molecule has 0 radical (unpaired) electrons. The predicted molar refractivity (Wildman–Crippen MR) is 94.8 cm³/mol. The molecular weight excluding hydrogens is 308 g/mol. The molecule has 0 aliphatic rings. The third kappa shape index (κ3) is 5.37. The Bertz CT molecular complexity index is 730. The minimum Gasteiger partial charge on any atom is -0.299 e. The molecule has 1 aromatic carbocycles. The van der Waals surface area contributed by atoms with Crippen LogP contribution in [0.4, 0.5) is 0 Å². The molecule has 124 valence electrons. The Morgan fingerprint density at radius 2 is 1.78 bits per heavy atom. The van der Waals surface area contributed by atoms with Gasteiger partial charge in [-0.15, -0.1) is 5.92 Å². The Labute approximate surface area is 139 Å². The van der Waals surface area contributed by atoms with E-state index in [1.165, 1.54) is 6.92 Å². The van der Waals surface area contributed by atoms with E-state index < -0.39 is 20.3 Å². The zero-order valence-electron chi connectivity index (χ0n) is 14.2. The van der Waals surface area contributed by atoms with Crippen LogP contribution in [-0.4, -0.2) is 24.7 Å². The average Bonchev–Trinajstić information content (AvgIpc) is 2.44. The predicted octanol–water partition coefficient (Wildman–Crippen LogP) is 3.35. The normalized spacial score (nSPS) is 13.4. The molecule has 1 rings (SSSR count). The molecule has 0 amide bonds. The Morgan fingerprint density at radius 1 is 1.17 bits per heavy atom. The van der Waals surface area contributed by atoms with Crippen molar-refractivity contribution in [2.75, 3.05) is 5.75 Å². The van der Waals surface area contributed by atoms with Crippen molar-refractivity contribution in [3.05, 3.63) is 47.5 Å². The molecule has 23 heavy (non-hydrogen) atoms. The van der Waals surface area contributed by atoms with Gasteiger partial charge in [0.05, 0.1) is 0 Å². The van der Waals surface area contributed by atoms with Gasteiger partial charge in [0, 0.05) is 6.42 Å². The van der Waals surface area contributed by atoms with Gasteiger partial charge in [0.2, 0.25) is 0 Å². The monoisotopic (exact) mass is 332 g/mol. The first kappa shape index (κ1) is 19.2. The van der Waals surface area contributed by atoms with Crippen LogP contribution in [0.15, 0.2) is 42.0 Å². The van der Waals surface area contributed by atoms with Gasteiger partial charge in [-0.05, 0) is 39.7 Å². The van der Waals surface area contributed by atoms with Gasteiger partial charge in [-0.2, -0.15) is 0 Å². The summed E-state index contributed by atoms with van der Waals surface area (Å²) in [4.78, 5) is 11.5. The average molecular weight is 332 g/mol. The van der Waals surface area contributed by atoms with Crippen molar-refractivity contribution in [1.29, 1.82) is 0 Å². The summed E-state index contributed by atoms with van der Waals surface area (Å²) >= 11 is 0. The van der Waals surface area contributed by atoms with Gasteiger partial charge in [-0.25, -0.2) is 8.42 Å². The van der Waals surface area contributed by atoms with Crippen LogP contribution in [0.25, 0.3) is 0 Å². The lowest BCUT2D eigenvalue weighted by Crippen LogP contribution is -2.42. The zero-order chi connectivity index (χ0) is 17.5.